The van der Waals surface area contributed by atoms with Crippen LogP contribution >= 0.6 is 23.1 Å². The number of amides is 1. The van der Waals surface area contributed by atoms with Gasteiger partial charge < -0.3 is 4.90 Å². The molecule has 0 bridgehead atoms. The van der Waals surface area contributed by atoms with E-state index in [9.17, 15) is 4.79 Å². The van der Waals surface area contributed by atoms with Crippen molar-refractivity contribution in [3.8, 4) is 0 Å². The van der Waals surface area contributed by atoms with Crippen LogP contribution in [0.4, 0.5) is 16.5 Å². The molecule has 1 saturated heterocycles. The molecule has 0 unspecified atom stereocenters. The fourth-order valence-corrected chi connectivity index (χ4v) is 4.39. The number of hydrogen-bond acceptors (Lipinski definition) is 7. The first-order valence-electron chi connectivity index (χ1n) is 8.96. The van der Waals surface area contributed by atoms with Crippen molar-refractivity contribution in [1.82, 2.24) is 10.2 Å². The van der Waals surface area contributed by atoms with Crippen LogP contribution < -0.4 is 9.80 Å². The van der Waals surface area contributed by atoms with Crippen LogP contribution in [-0.4, -0.2) is 35.4 Å². The van der Waals surface area contributed by atoms with Gasteiger partial charge in [-0.25, -0.2) is 0 Å². The van der Waals surface area contributed by atoms with Gasteiger partial charge in [0.2, 0.25) is 5.13 Å². The smallest absolute Gasteiger partial charge is 0.271 e. The van der Waals surface area contributed by atoms with Gasteiger partial charge in [-0.2, -0.15) is 4.99 Å². The highest BCUT2D eigenvalue weighted by molar-refractivity contribution is 8.19. The number of aryl methyl sites for hydroxylation is 1. The average Bonchev–Trinajstić information content (AvgIpc) is 3.26. The van der Waals surface area contributed by atoms with Gasteiger partial charge in [0.1, 0.15) is 5.01 Å². The Morgan fingerprint density at radius 1 is 1.03 bits per heavy atom. The molecule has 1 aliphatic rings. The van der Waals surface area contributed by atoms with Crippen molar-refractivity contribution in [1.29, 1.82) is 0 Å². The van der Waals surface area contributed by atoms with Crippen molar-refractivity contribution in [2.24, 2.45) is 4.99 Å². The summed E-state index contributed by atoms with van der Waals surface area (Å²) in [6.07, 6.45) is 1.90. The lowest BCUT2D eigenvalue weighted by atomic mass is 10.2. The average molecular weight is 422 g/mol. The Balaban J connectivity index is 1.71. The second kappa shape index (κ2) is 8.18. The minimum atomic E-state index is -0.0992. The van der Waals surface area contributed by atoms with Gasteiger partial charge in [-0.3, -0.25) is 9.69 Å². The van der Waals surface area contributed by atoms with Crippen molar-refractivity contribution in [3.05, 3.63) is 70.1 Å². The summed E-state index contributed by atoms with van der Waals surface area (Å²) >= 11 is 2.74. The first kappa shape index (κ1) is 19.4. The Bertz CT molecular complexity index is 1090. The lowest BCUT2D eigenvalue weighted by Crippen LogP contribution is -2.28. The van der Waals surface area contributed by atoms with Gasteiger partial charge >= 0.3 is 0 Å². The van der Waals surface area contributed by atoms with Gasteiger partial charge in [-0.1, -0.05) is 41.7 Å². The summed E-state index contributed by atoms with van der Waals surface area (Å²) in [5.74, 6) is -0.0992. The number of carbonyl (C=O) groups excluding carboxylic acids is 1. The van der Waals surface area contributed by atoms with Crippen molar-refractivity contribution >= 4 is 56.8 Å². The third-order valence-electron chi connectivity index (χ3n) is 4.23. The Kier molecular flexibility index (Phi) is 5.46. The van der Waals surface area contributed by atoms with Crippen LogP contribution in [0.3, 0.4) is 0 Å². The highest BCUT2D eigenvalue weighted by Gasteiger charge is 2.35. The molecular formula is C21H19N5OS2. The minimum absolute atomic E-state index is 0.0992. The predicted molar refractivity (Wildman–Crippen MR) is 122 cm³/mol. The van der Waals surface area contributed by atoms with E-state index < -0.39 is 0 Å². The molecule has 146 valence electrons. The molecule has 8 heteroatoms. The molecule has 1 aliphatic heterocycles. The highest BCUT2D eigenvalue weighted by Crippen LogP contribution is 2.37. The molecule has 2 aromatic carbocycles. The molecule has 1 amide bonds. The summed E-state index contributed by atoms with van der Waals surface area (Å²) in [5, 5.41) is 10.0. The fraction of sp³-hybridized carbons (Fsp3) is 0.143. The molecule has 1 aromatic heterocycles. The molecule has 0 N–H and O–H groups in total. The van der Waals surface area contributed by atoms with Gasteiger partial charge in [0.25, 0.3) is 5.91 Å². The van der Waals surface area contributed by atoms with E-state index in [0.717, 1.165) is 21.9 Å². The highest BCUT2D eigenvalue weighted by atomic mass is 32.2. The zero-order valence-corrected chi connectivity index (χ0v) is 17.9. The monoisotopic (exact) mass is 421 g/mol. The lowest BCUT2D eigenvalue weighted by Gasteiger charge is -2.14. The Labute approximate surface area is 177 Å². The van der Waals surface area contributed by atoms with Crippen LogP contribution in [0.25, 0.3) is 6.08 Å². The summed E-state index contributed by atoms with van der Waals surface area (Å²) in [6, 6.07) is 17.6. The summed E-state index contributed by atoms with van der Waals surface area (Å²) in [4.78, 5) is 22.1. The number of anilines is 2. The normalized spacial score (nSPS) is 16.8. The zero-order chi connectivity index (χ0) is 20.4. The van der Waals surface area contributed by atoms with Crippen LogP contribution in [0.2, 0.25) is 0 Å². The molecule has 4 rings (SSSR count). The number of thioether (sulfide) groups is 1. The maximum absolute atomic E-state index is 13.2. The molecule has 0 atom stereocenters. The molecule has 0 spiro atoms. The first-order chi connectivity index (χ1) is 14.0. The van der Waals surface area contributed by atoms with Gasteiger partial charge in [-0.05, 0) is 54.6 Å². The van der Waals surface area contributed by atoms with Gasteiger partial charge in [-0.15, -0.1) is 10.2 Å². The van der Waals surface area contributed by atoms with Crippen molar-refractivity contribution in [2.75, 3.05) is 23.9 Å². The number of carbonyl (C=O) groups is 1. The topological polar surface area (TPSA) is 61.7 Å². The number of aliphatic imine (C=N–C) groups is 1. The van der Waals surface area contributed by atoms with E-state index in [1.165, 1.54) is 23.1 Å². The third-order valence-corrected chi connectivity index (χ3v) is 5.94. The number of nitrogens with zero attached hydrogens (tertiary/aromatic N) is 5. The molecule has 6 nitrogen and oxygen atoms in total. The number of amidine groups is 1. The van der Waals surface area contributed by atoms with E-state index in [1.807, 2.05) is 86.6 Å². The molecule has 0 radical (unpaired) electrons. The number of benzene rings is 2. The van der Waals surface area contributed by atoms with Gasteiger partial charge in [0.15, 0.2) is 5.17 Å². The van der Waals surface area contributed by atoms with Crippen LogP contribution in [0.15, 0.2) is 64.5 Å². The minimum Gasteiger partial charge on any atom is -0.378 e. The van der Waals surface area contributed by atoms with E-state index in [2.05, 4.69) is 15.2 Å². The Morgan fingerprint density at radius 2 is 1.76 bits per heavy atom. The molecule has 0 aliphatic carbocycles. The summed E-state index contributed by atoms with van der Waals surface area (Å²) < 4.78 is 0. The quantitative estimate of drug-likeness (QED) is 0.571. The number of rotatable bonds is 4. The predicted octanol–water partition coefficient (Wildman–Crippen LogP) is 4.72. The van der Waals surface area contributed by atoms with Gasteiger partial charge in [0.05, 0.1) is 10.6 Å². The Morgan fingerprint density at radius 3 is 2.38 bits per heavy atom. The van der Waals surface area contributed by atoms with E-state index in [1.54, 1.807) is 4.90 Å². The maximum Gasteiger partial charge on any atom is 0.271 e. The standard InChI is InChI=1S/C21H19N5OS2/c1-14-23-24-20(28-14)22-21-26(17-7-5-4-6-8-17)19(27)18(29-21)13-15-9-11-16(12-10-15)25(2)3/h4-13H,1-3H3/b18-13-,22-21+. The number of hydrogen-bond donors (Lipinski definition) is 0. The maximum atomic E-state index is 13.2. The van der Waals surface area contributed by atoms with E-state index in [0.29, 0.717) is 15.2 Å². The van der Waals surface area contributed by atoms with Crippen LogP contribution in [0, 0.1) is 6.92 Å². The third kappa shape index (κ3) is 4.23. The van der Waals surface area contributed by atoms with E-state index >= 15 is 0 Å². The molecular weight excluding hydrogens is 402 g/mol. The molecule has 2 heterocycles. The van der Waals surface area contributed by atoms with Crippen molar-refractivity contribution < 1.29 is 4.79 Å². The fourth-order valence-electron chi connectivity index (χ4n) is 2.79. The van der Waals surface area contributed by atoms with Crippen LogP contribution in [-0.2, 0) is 4.79 Å². The SMILES string of the molecule is Cc1nnc(/N=C2/S/C(=C\c3ccc(N(C)C)cc3)C(=O)N2c2ccccc2)s1. The van der Waals surface area contributed by atoms with E-state index in [4.69, 9.17) is 0 Å². The van der Waals surface area contributed by atoms with E-state index in [-0.39, 0.29) is 5.91 Å². The summed E-state index contributed by atoms with van der Waals surface area (Å²) in [6.45, 7) is 1.88. The molecule has 29 heavy (non-hydrogen) atoms. The second-order valence-electron chi connectivity index (χ2n) is 6.57. The lowest BCUT2D eigenvalue weighted by molar-refractivity contribution is -0.113. The summed E-state index contributed by atoms with van der Waals surface area (Å²) in [7, 11) is 4.00. The Hall–Kier alpha value is -2.97. The van der Waals surface area contributed by atoms with Crippen molar-refractivity contribution in [2.45, 2.75) is 6.92 Å². The first-order valence-corrected chi connectivity index (χ1v) is 10.6. The number of para-hydroxylation sites is 1. The van der Waals surface area contributed by atoms with Gasteiger partial charge in [0, 0.05) is 19.8 Å². The second-order valence-corrected chi connectivity index (χ2v) is 8.74. The van der Waals surface area contributed by atoms with Crippen LogP contribution in [0.1, 0.15) is 10.6 Å². The van der Waals surface area contributed by atoms with Crippen LogP contribution in [0.5, 0.6) is 0 Å². The molecule has 3 aromatic rings. The summed E-state index contributed by atoms with van der Waals surface area (Å²) in [5.41, 5.74) is 2.85. The molecule has 0 saturated carbocycles. The largest absolute Gasteiger partial charge is 0.378 e. The zero-order valence-electron chi connectivity index (χ0n) is 16.2. The molecule has 1 fully saturated rings. The number of aromatic nitrogens is 2. The van der Waals surface area contributed by atoms with Crippen molar-refractivity contribution in [3.63, 3.8) is 0 Å².